The van der Waals surface area contributed by atoms with Crippen LogP contribution in [0.3, 0.4) is 0 Å². The molecule has 2 aliphatic rings. The molecule has 1 N–H and O–H groups in total. The average Bonchev–Trinajstić information content (AvgIpc) is 3.10. The number of aliphatic imine (C=N–C) groups is 1. The molecule has 2 amide bonds. The third-order valence-electron chi connectivity index (χ3n) is 5.10. The fourth-order valence-corrected chi connectivity index (χ4v) is 3.76. The molecule has 2 aromatic carbocycles. The number of anilines is 2. The summed E-state index contributed by atoms with van der Waals surface area (Å²) in [6, 6.07) is 11.5. The van der Waals surface area contributed by atoms with Gasteiger partial charge >= 0.3 is 6.18 Å². The molecule has 1 heterocycles. The average molecular weight is 401 g/mol. The Balaban J connectivity index is 1.57. The van der Waals surface area contributed by atoms with Crippen LogP contribution in [0.15, 0.2) is 53.5 Å². The van der Waals surface area contributed by atoms with Crippen LogP contribution in [0.4, 0.5) is 30.2 Å². The van der Waals surface area contributed by atoms with Crippen molar-refractivity contribution in [3.63, 3.8) is 0 Å². The van der Waals surface area contributed by atoms with Crippen LogP contribution in [0.2, 0.25) is 0 Å². The highest BCUT2D eigenvalue weighted by molar-refractivity contribution is 6.16. The number of hydrogen-bond donors (Lipinski definition) is 1. The Labute approximate surface area is 165 Å². The van der Waals surface area contributed by atoms with Gasteiger partial charge in [-0.2, -0.15) is 13.2 Å². The van der Waals surface area contributed by atoms with Crippen LogP contribution in [0.25, 0.3) is 0 Å². The number of alkyl halides is 3. The standard InChI is InChI=1S/C21H18F3N3O2/c22-21(23,24)13-5-3-6-14(11-13)25-19(28)12-27-18-10-2-1-8-17(18)26-16-9-4-7-15(16)20(27)29/h1-3,5-6,8,10-11,15H,4,7,9,12H2,(H,25,28)/t15-/m1/s1. The van der Waals surface area contributed by atoms with Crippen LogP contribution in [-0.4, -0.2) is 24.1 Å². The summed E-state index contributed by atoms with van der Waals surface area (Å²) in [7, 11) is 0. The number of para-hydroxylation sites is 2. The minimum atomic E-state index is -4.50. The third-order valence-corrected chi connectivity index (χ3v) is 5.10. The van der Waals surface area contributed by atoms with E-state index in [1.54, 1.807) is 18.2 Å². The second-order valence-electron chi connectivity index (χ2n) is 7.09. The first kappa shape index (κ1) is 19.2. The molecule has 0 bridgehead atoms. The van der Waals surface area contributed by atoms with Gasteiger partial charge in [-0.3, -0.25) is 14.6 Å². The molecule has 1 aliphatic carbocycles. The number of amides is 2. The highest BCUT2D eigenvalue weighted by Crippen LogP contribution is 2.38. The van der Waals surface area contributed by atoms with E-state index in [1.165, 1.54) is 17.0 Å². The van der Waals surface area contributed by atoms with Crippen LogP contribution >= 0.6 is 0 Å². The Hall–Kier alpha value is -3.16. The maximum absolute atomic E-state index is 13.1. The van der Waals surface area contributed by atoms with Gasteiger partial charge in [0.15, 0.2) is 0 Å². The Bertz CT molecular complexity index is 1000. The Morgan fingerprint density at radius 3 is 2.76 bits per heavy atom. The normalized spacial score (nSPS) is 18.6. The highest BCUT2D eigenvalue weighted by atomic mass is 19.4. The van der Waals surface area contributed by atoms with E-state index in [9.17, 15) is 22.8 Å². The lowest BCUT2D eigenvalue weighted by molar-refractivity contribution is -0.137. The first-order valence-corrected chi connectivity index (χ1v) is 9.28. The van der Waals surface area contributed by atoms with E-state index < -0.39 is 17.6 Å². The van der Waals surface area contributed by atoms with Gasteiger partial charge in [0.2, 0.25) is 11.8 Å². The molecular weight excluding hydrogens is 383 g/mol. The number of fused-ring (bicyclic) bond motifs is 2. The molecule has 8 heteroatoms. The summed E-state index contributed by atoms with van der Waals surface area (Å²) < 4.78 is 38.7. The lowest BCUT2D eigenvalue weighted by Gasteiger charge is -2.24. The monoisotopic (exact) mass is 401 g/mol. The maximum Gasteiger partial charge on any atom is 0.416 e. The number of carbonyl (C=O) groups is 2. The SMILES string of the molecule is O=C(CN1C(=O)[C@@H]2CCCC2=Nc2ccccc21)Nc1cccc(C(F)(F)F)c1. The van der Waals surface area contributed by atoms with Crippen molar-refractivity contribution < 1.29 is 22.8 Å². The van der Waals surface area contributed by atoms with Crippen molar-refractivity contribution in [2.45, 2.75) is 25.4 Å². The number of carbonyl (C=O) groups excluding carboxylic acids is 2. The zero-order chi connectivity index (χ0) is 20.6. The highest BCUT2D eigenvalue weighted by Gasteiger charge is 2.37. The van der Waals surface area contributed by atoms with Crippen molar-refractivity contribution >= 4 is 34.6 Å². The van der Waals surface area contributed by atoms with Crippen molar-refractivity contribution in [1.82, 2.24) is 0 Å². The van der Waals surface area contributed by atoms with Crippen LogP contribution in [0.5, 0.6) is 0 Å². The van der Waals surface area contributed by atoms with Gasteiger partial charge in [-0.25, -0.2) is 0 Å². The lowest BCUT2D eigenvalue weighted by Crippen LogP contribution is -2.41. The van der Waals surface area contributed by atoms with Gasteiger partial charge < -0.3 is 10.2 Å². The maximum atomic E-state index is 13.1. The molecule has 0 radical (unpaired) electrons. The Morgan fingerprint density at radius 2 is 1.97 bits per heavy atom. The van der Waals surface area contributed by atoms with Crippen LogP contribution in [-0.2, 0) is 15.8 Å². The summed E-state index contributed by atoms with van der Waals surface area (Å²) >= 11 is 0. The van der Waals surface area contributed by atoms with Crippen molar-refractivity contribution in [2.24, 2.45) is 10.9 Å². The van der Waals surface area contributed by atoms with E-state index in [-0.39, 0.29) is 24.1 Å². The van der Waals surface area contributed by atoms with Crippen molar-refractivity contribution in [3.8, 4) is 0 Å². The minimum Gasteiger partial charge on any atom is -0.325 e. The number of hydrogen-bond acceptors (Lipinski definition) is 3. The molecule has 1 aliphatic heterocycles. The molecule has 0 unspecified atom stereocenters. The molecule has 0 saturated heterocycles. The number of rotatable bonds is 3. The summed E-state index contributed by atoms with van der Waals surface area (Å²) in [5.41, 5.74) is 1.14. The number of nitrogens with zero attached hydrogens (tertiary/aromatic N) is 2. The molecule has 2 aromatic rings. The van der Waals surface area contributed by atoms with Gasteiger partial charge in [0.1, 0.15) is 6.54 Å². The van der Waals surface area contributed by atoms with Gasteiger partial charge in [0.05, 0.1) is 22.9 Å². The fourth-order valence-electron chi connectivity index (χ4n) is 3.76. The van der Waals surface area contributed by atoms with Crippen LogP contribution < -0.4 is 10.2 Å². The largest absolute Gasteiger partial charge is 0.416 e. The topological polar surface area (TPSA) is 61.8 Å². The van der Waals surface area contributed by atoms with Crippen LogP contribution in [0, 0.1) is 5.92 Å². The molecule has 0 spiro atoms. The Morgan fingerprint density at radius 1 is 1.17 bits per heavy atom. The van der Waals surface area contributed by atoms with Crippen molar-refractivity contribution in [2.75, 3.05) is 16.8 Å². The van der Waals surface area contributed by atoms with Gasteiger partial charge in [-0.05, 0) is 49.6 Å². The van der Waals surface area contributed by atoms with E-state index in [0.29, 0.717) is 17.8 Å². The van der Waals surface area contributed by atoms with E-state index in [4.69, 9.17) is 0 Å². The second kappa shape index (κ2) is 7.35. The summed E-state index contributed by atoms with van der Waals surface area (Å²) in [5, 5.41) is 2.46. The number of benzene rings is 2. The third kappa shape index (κ3) is 3.87. The van der Waals surface area contributed by atoms with E-state index in [1.807, 2.05) is 6.07 Å². The smallest absolute Gasteiger partial charge is 0.325 e. The second-order valence-corrected chi connectivity index (χ2v) is 7.09. The lowest BCUT2D eigenvalue weighted by atomic mass is 10.1. The van der Waals surface area contributed by atoms with E-state index in [0.717, 1.165) is 30.7 Å². The van der Waals surface area contributed by atoms with Crippen molar-refractivity contribution in [1.29, 1.82) is 0 Å². The Kier molecular flexibility index (Phi) is 4.86. The number of halogens is 3. The molecule has 5 nitrogen and oxygen atoms in total. The van der Waals surface area contributed by atoms with E-state index in [2.05, 4.69) is 10.3 Å². The first-order chi connectivity index (χ1) is 13.8. The molecular formula is C21H18F3N3O2. The summed E-state index contributed by atoms with van der Waals surface area (Å²) in [5.74, 6) is -1.14. The van der Waals surface area contributed by atoms with Gasteiger partial charge in [0, 0.05) is 11.4 Å². The summed E-state index contributed by atoms with van der Waals surface area (Å²) in [4.78, 5) is 31.7. The molecule has 29 heavy (non-hydrogen) atoms. The van der Waals surface area contributed by atoms with Gasteiger partial charge in [-0.15, -0.1) is 0 Å². The number of nitrogens with one attached hydrogen (secondary N) is 1. The summed E-state index contributed by atoms with van der Waals surface area (Å²) in [6.07, 6.45) is -2.22. The zero-order valence-electron chi connectivity index (χ0n) is 15.4. The molecule has 1 saturated carbocycles. The molecule has 1 fully saturated rings. The molecule has 4 rings (SSSR count). The molecule has 150 valence electrons. The fraction of sp³-hybridized carbons (Fsp3) is 0.286. The van der Waals surface area contributed by atoms with Gasteiger partial charge in [-0.1, -0.05) is 18.2 Å². The van der Waals surface area contributed by atoms with Crippen LogP contribution in [0.1, 0.15) is 24.8 Å². The zero-order valence-corrected chi connectivity index (χ0v) is 15.4. The van der Waals surface area contributed by atoms with Crippen molar-refractivity contribution in [3.05, 3.63) is 54.1 Å². The predicted octanol–water partition coefficient (Wildman–Crippen LogP) is 4.56. The van der Waals surface area contributed by atoms with Gasteiger partial charge in [0.25, 0.3) is 0 Å². The molecule has 0 aromatic heterocycles. The minimum absolute atomic E-state index is 0.0261. The first-order valence-electron chi connectivity index (χ1n) is 9.28. The predicted molar refractivity (Wildman–Crippen MR) is 103 cm³/mol. The summed E-state index contributed by atoms with van der Waals surface area (Å²) in [6.45, 7) is -0.300. The molecule has 1 atom stereocenters. The quantitative estimate of drug-likeness (QED) is 0.819. The van der Waals surface area contributed by atoms with E-state index >= 15 is 0 Å².